The molecule has 0 N–H and O–H groups in total. The van der Waals surface area contributed by atoms with Gasteiger partial charge in [0, 0.05) is 11.1 Å². The van der Waals surface area contributed by atoms with E-state index in [1.165, 1.54) is 0 Å². The lowest BCUT2D eigenvalue weighted by molar-refractivity contribution is 0.523. The first-order valence-electron chi connectivity index (χ1n) is 9.32. The third kappa shape index (κ3) is 6.37. The second-order valence-corrected chi connectivity index (χ2v) is 6.58. The SMILES string of the molecule is C=C(/C=C\C(=C)C(=C)/C=C\C(=C)c1nnc(C2=CC=CCC2)o1)CCCC. The van der Waals surface area contributed by atoms with Crippen LogP contribution >= 0.6 is 0 Å². The normalized spacial score (nSPS) is 13.9. The van der Waals surface area contributed by atoms with Gasteiger partial charge in [0.05, 0.1) is 0 Å². The minimum atomic E-state index is 0.415. The zero-order valence-corrected chi connectivity index (χ0v) is 16.2. The molecule has 1 aliphatic carbocycles. The Hall–Kier alpha value is -2.94. The number of unbranched alkanes of at least 4 members (excludes halogenated alkanes) is 1. The zero-order chi connectivity index (χ0) is 19.6. The molecular formula is C24H28N2O. The third-order valence-corrected chi connectivity index (χ3v) is 4.26. The highest BCUT2D eigenvalue weighted by molar-refractivity contribution is 5.69. The second kappa shape index (κ2) is 10.3. The van der Waals surface area contributed by atoms with E-state index < -0.39 is 0 Å². The van der Waals surface area contributed by atoms with Crippen LogP contribution in [-0.4, -0.2) is 10.2 Å². The molecule has 140 valence electrons. The summed E-state index contributed by atoms with van der Waals surface area (Å²) in [5.74, 6) is 0.972. The molecule has 0 aliphatic heterocycles. The van der Waals surface area contributed by atoms with Crippen LogP contribution in [-0.2, 0) is 0 Å². The Balaban J connectivity index is 1.92. The summed E-state index contributed by atoms with van der Waals surface area (Å²) in [4.78, 5) is 0. The fourth-order valence-corrected chi connectivity index (χ4v) is 2.46. The van der Waals surface area contributed by atoms with Crippen molar-refractivity contribution in [1.82, 2.24) is 10.2 Å². The Morgan fingerprint density at radius 2 is 1.81 bits per heavy atom. The minimum Gasteiger partial charge on any atom is -0.417 e. The Labute approximate surface area is 162 Å². The van der Waals surface area contributed by atoms with Crippen molar-refractivity contribution in [3.05, 3.63) is 97.3 Å². The van der Waals surface area contributed by atoms with Crippen molar-refractivity contribution >= 4 is 11.1 Å². The predicted octanol–water partition coefficient (Wildman–Crippen LogP) is 6.79. The van der Waals surface area contributed by atoms with Crippen LogP contribution in [0.1, 0.15) is 50.8 Å². The standard InChI is InChI=1S/C24H28N2O/c1-6-7-11-18(2)14-15-19(3)20(4)16-17-21(5)23-25-26-24(27-23)22-12-9-8-10-13-22/h8-9,12,14-17H,2-7,10-11,13H2,1H3/b15-14-,17-16-. The van der Waals surface area contributed by atoms with Gasteiger partial charge < -0.3 is 4.42 Å². The van der Waals surface area contributed by atoms with E-state index in [-0.39, 0.29) is 0 Å². The van der Waals surface area contributed by atoms with E-state index in [1.54, 1.807) is 0 Å². The first kappa shape index (κ1) is 20.4. The van der Waals surface area contributed by atoms with E-state index in [0.717, 1.165) is 54.4 Å². The lowest BCUT2D eigenvalue weighted by Crippen LogP contribution is -1.87. The third-order valence-electron chi connectivity index (χ3n) is 4.26. The van der Waals surface area contributed by atoms with Gasteiger partial charge in [0.25, 0.3) is 0 Å². The molecule has 0 fully saturated rings. The molecule has 0 spiro atoms. The van der Waals surface area contributed by atoms with Gasteiger partial charge in [0.15, 0.2) is 0 Å². The fraction of sp³-hybridized carbons (Fsp3) is 0.250. The van der Waals surface area contributed by atoms with Gasteiger partial charge in [-0.3, -0.25) is 0 Å². The molecule has 0 unspecified atom stereocenters. The van der Waals surface area contributed by atoms with Gasteiger partial charge in [0.2, 0.25) is 11.8 Å². The maximum atomic E-state index is 5.74. The van der Waals surface area contributed by atoms with Crippen LogP contribution in [0.2, 0.25) is 0 Å². The minimum absolute atomic E-state index is 0.415. The first-order chi connectivity index (χ1) is 13.0. The first-order valence-corrected chi connectivity index (χ1v) is 9.32. The zero-order valence-electron chi connectivity index (χ0n) is 16.2. The number of rotatable bonds is 10. The lowest BCUT2D eigenvalue weighted by Gasteiger charge is -2.03. The fourth-order valence-electron chi connectivity index (χ4n) is 2.46. The summed E-state index contributed by atoms with van der Waals surface area (Å²) in [5.41, 5.74) is 4.44. The molecule has 1 aromatic rings. The highest BCUT2D eigenvalue weighted by Gasteiger charge is 2.12. The van der Waals surface area contributed by atoms with Crippen molar-refractivity contribution in [3.8, 4) is 0 Å². The highest BCUT2D eigenvalue weighted by Crippen LogP contribution is 2.24. The van der Waals surface area contributed by atoms with Gasteiger partial charge in [0.1, 0.15) is 0 Å². The average molecular weight is 361 g/mol. The van der Waals surface area contributed by atoms with Gasteiger partial charge >= 0.3 is 0 Å². The number of nitrogens with zero attached hydrogens (tertiary/aromatic N) is 2. The molecule has 0 bridgehead atoms. The van der Waals surface area contributed by atoms with Crippen LogP contribution in [0.4, 0.5) is 0 Å². The monoisotopic (exact) mass is 360 g/mol. The molecule has 0 amide bonds. The van der Waals surface area contributed by atoms with Crippen molar-refractivity contribution in [2.75, 3.05) is 0 Å². The molecule has 3 heteroatoms. The highest BCUT2D eigenvalue weighted by atomic mass is 16.4. The van der Waals surface area contributed by atoms with Gasteiger partial charge in [-0.25, -0.2) is 0 Å². The maximum absolute atomic E-state index is 5.74. The summed E-state index contributed by atoms with van der Waals surface area (Å²) in [6, 6.07) is 0. The Morgan fingerprint density at radius 1 is 1.07 bits per heavy atom. The summed E-state index contributed by atoms with van der Waals surface area (Å²) in [5, 5.41) is 8.21. The summed E-state index contributed by atoms with van der Waals surface area (Å²) in [7, 11) is 0. The molecule has 1 heterocycles. The van der Waals surface area contributed by atoms with Gasteiger partial charge in [-0.05, 0) is 42.9 Å². The maximum Gasteiger partial charge on any atom is 0.247 e. The Kier molecular flexibility index (Phi) is 7.75. The van der Waals surface area contributed by atoms with Crippen LogP contribution in [0, 0.1) is 0 Å². The van der Waals surface area contributed by atoms with Gasteiger partial charge in [-0.1, -0.05) is 81.7 Å². The molecule has 0 radical (unpaired) electrons. The van der Waals surface area contributed by atoms with E-state index in [9.17, 15) is 0 Å². The van der Waals surface area contributed by atoms with E-state index in [2.05, 4.69) is 49.5 Å². The summed E-state index contributed by atoms with van der Waals surface area (Å²) in [6.07, 6.45) is 19.0. The van der Waals surface area contributed by atoms with E-state index in [4.69, 9.17) is 4.42 Å². The Bertz CT molecular complexity index is 843. The number of hydrogen-bond acceptors (Lipinski definition) is 3. The smallest absolute Gasteiger partial charge is 0.247 e. The molecule has 3 nitrogen and oxygen atoms in total. The quantitative estimate of drug-likeness (QED) is 0.431. The number of allylic oxidation sites excluding steroid dienone is 12. The van der Waals surface area contributed by atoms with Crippen molar-refractivity contribution < 1.29 is 4.42 Å². The van der Waals surface area contributed by atoms with Crippen LogP contribution in [0.3, 0.4) is 0 Å². The van der Waals surface area contributed by atoms with Gasteiger partial charge in [-0.2, -0.15) is 0 Å². The van der Waals surface area contributed by atoms with Crippen molar-refractivity contribution in [3.63, 3.8) is 0 Å². The molecular weight excluding hydrogens is 332 g/mol. The summed E-state index contributed by atoms with van der Waals surface area (Å²) >= 11 is 0. The van der Waals surface area contributed by atoms with Crippen LogP contribution in [0.25, 0.3) is 11.1 Å². The van der Waals surface area contributed by atoms with Crippen LogP contribution < -0.4 is 0 Å². The molecule has 1 aliphatic rings. The summed E-state index contributed by atoms with van der Waals surface area (Å²) in [6.45, 7) is 18.3. The molecule has 0 atom stereocenters. The average Bonchev–Trinajstić information content (AvgIpc) is 3.19. The van der Waals surface area contributed by atoms with E-state index >= 15 is 0 Å². The van der Waals surface area contributed by atoms with Crippen LogP contribution in [0.5, 0.6) is 0 Å². The Morgan fingerprint density at radius 3 is 2.48 bits per heavy atom. The van der Waals surface area contributed by atoms with E-state index in [0.29, 0.717) is 17.4 Å². The summed E-state index contributed by atoms with van der Waals surface area (Å²) < 4.78 is 5.74. The predicted molar refractivity (Wildman–Crippen MR) is 115 cm³/mol. The molecule has 2 rings (SSSR count). The van der Waals surface area contributed by atoms with Crippen molar-refractivity contribution in [2.24, 2.45) is 0 Å². The largest absolute Gasteiger partial charge is 0.417 e. The van der Waals surface area contributed by atoms with E-state index in [1.807, 2.05) is 36.5 Å². The molecule has 0 aromatic carbocycles. The number of hydrogen-bond donors (Lipinski definition) is 0. The molecule has 27 heavy (non-hydrogen) atoms. The lowest BCUT2D eigenvalue weighted by atomic mass is 10.0. The van der Waals surface area contributed by atoms with Crippen LogP contribution in [0.15, 0.2) is 90.0 Å². The van der Waals surface area contributed by atoms with Crippen molar-refractivity contribution in [1.29, 1.82) is 0 Å². The molecule has 1 aromatic heterocycles. The number of aromatic nitrogens is 2. The second-order valence-electron chi connectivity index (χ2n) is 6.58. The van der Waals surface area contributed by atoms with Crippen molar-refractivity contribution in [2.45, 2.75) is 39.0 Å². The molecule has 0 saturated carbocycles. The molecule has 0 saturated heterocycles. The van der Waals surface area contributed by atoms with Gasteiger partial charge in [-0.15, -0.1) is 10.2 Å². The topological polar surface area (TPSA) is 38.9 Å².